The van der Waals surface area contributed by atoms with Crippen LogP contribution in [0.5, 0.6) is 0 Å². The lowest BCUT2D eigenvalue weighted by atomic mass is 9.92. The molecular weight excluding hydrogens is 184 g/mol. The molecule has 1 aromatic rings. The van der Waals surface area contributed by atoms with Crippen molar-refractivity contribution in [1.82, 2.24) is 10.3 Å². The lowest BCUT2D eigenvalue weighted by Crippen LogP contribution is -2.20. The number of rotatable bonds is 4. The molecule has 1 N–H and O–H groups in total. The Bertz CT molecular complexity index is 300. The van der Waals surface area contributed by atoms with E-state index in [1.54, 1.807) is 0 Å². The fraction of sp³-hybridized carbons (Fsp3) is 0.615. The summed E-state index contributed by atoms with van der Waals surface area (Å²) in [6, 6.07) is 2.18. The predicted molar refractivity (Wildman–Crippen MR) is 64.8 cm³/mol. The van der Waals surface area contributed by atoms with E-state index in [4.69, 9.17) is 0 Å². The minimum atomic E-state index is 0.415. The monoisotopic (exact) mass is 206 g/mol. The van der Waals surface area contributed by atoms with E-state index in [9.17, 15) is 0 Å². The van der Waals surface area contributed by atoms with E-state index in [-0.39, 0.29) is 0 Å². The van der Waals surface area contributed by atoms with Gasteiger partial charge in [-0.15, -0.1) is 0 Å². The van der Waals surface area contributed by atoms with Crippen molar-refractivity contribution >= 4 is 0 Å². The molecule has 1 aromatic heterocycles. The molecule has 2 heteroatoms. The summed E-state index contributed by atoms with van der Waals surface area (Å²) in [5, 5.41) is 3.45. The number of hydrogen-bond acceptors (Lipinski definition) is 2. The van der Waals surface area contributed by atoms with Gasteiger partial charge in [-0.1, -0.05) is 26.8 Å². The highest BCUT2D eigenvalue weighted by Gasteiger charge is 2.08. The van der Waals surface area contributed by atoms with Crippen LogP contribution in [0.25, 0.3) is 0 Å². The van der Waals surface area contributed by atoms with E-state index in [0.29, 0.717) is 5.41 Å². The van der Waals surface area contributed by atoms with Gasteiger partial charge in [0.25, 0.3) is 0 Å². The van der Waals surface area contributed by atoms with Crippen LogP contribution in [0.4, 0.5) is 0 Å². The maximum atomic E-state index is 4.17. The van der Waals surface area contributed by atoms with Crippen LogP contribution in [-0.2, 0) is 6.54 Å². The quantitative estimate of drug-likeness (QED) is 0.766. The van der Waals surface area contributed by atoms with Crippen LogP contribution in [0, 0.1) is 12.3 Å². The van der Waals surface area contributed by atoms with E-state index in [2.05, 4.69) is 44.1 Å². The highest BCUT2D eigenvalue weighted by atomic mass is 14.8. The van der Waals surface area contributed by atoms with Crippen LogP contribution in [0.15, 0.2) is 18.5 Å². The van der Waals surface area contributed by atoms with Gasteiger partial charge in [0, 0.05) is 18.9 Å². The van der Waals surface area contributed by atoms with Crippen LogP contribution < -0.4 is 5.32 Å². The van der Waals surface area contributed by atoms with Crippen molar-refractivity contribution in [2.24, 2.45) is 5.41 Å². The maximum Gasteiger partial charge on any atom is 0.0313 e. The SMILES string of the molecule is Cc1cncc(CNCCC(C)(C)C)c1. The number of nitrogens with zero attached hydrogens (tertiary/aromatic N) is 1. The smallest absolute Gasteiger partial charge is 0.0313 e. The Morgan fingerprint density at radius 2 is 2.00 bits per heavy atom. The van der Waals surface area contributed by atoms with E-state index < -0.39 is 0 Å². The summed E-state index contributed by atoms with van der Waals surface area (Å²) in [5.74, 6) is 0. The molecule has 84 valence electrons. The highest BCUT2D eigenvalue weighted by Crippen LogP contribution is 2.16. The van der Waals surface area contributed by atoms with Gasteiger partial charge >= 0.3 is 0 Å². The Morgan fingerprint density at radius 1 is 1.27 bits per heavy atom. The topological polar surface area (TPSA) is 24.9 Å². The van der Waals surface area contributed by atoms with Gasteiger partial charge in [0.1, 0.15) is 0 Å². The molecule has 0 radical (unpaired) electrons. The molecular formula is C13H22N2. The molecule has 0 saturated heterocycles. The average Bonchev–Trinajstić information content (AvgIpc) is 2.11. The third-order valence-electron chi connectivity index (χ3n) is 2.31. The molecule has 0 atom stereocenters. The number of pyridine rings is 1. The van der Waals surface area contributed by atoms with Crippen molar-refractivity contribution in [3.63, 3.8) is 0 Å². The third-order valence-corrected chi connectivity index (χ3v) is 2.31. The first-order chi connectivity index (χ1) is 6.97. The Labute approximate surface area is 93.1 Å². The van der Waals surface area contributed by atoms with Gasteiger partial charge in [0.2, 0.25) is 0 Å². The molecule has 0 amide bonds. The fourth-order valence-corrected chi connectivity index (χ4v) is 1.41. The molecule has 0 unspecified atom stereocenters. The lowest BCUT2D eigenvalue weighted by Gasteiger charge is -2.18. The van der Waals surface area contributed by atoms with Gasteiger partial charge in [-0.05, 0) is 36.4 Å². The van der Waals surface area contributed by atoms with E-state index in [1.165, 1.54) is 17.5 Å². The summed E-state index contributed by atoms with van der Waals surface area (Å²) < 4.78 is 0. The van der Waals surface area contributed by atoms with Crippen LogP contribution in [-0.4, -0.2) is 11.5 Å². The molecule has 0 aliphatic heterocycles. The molecule has 0 bridgehead atoms. The first-order valence-corrected chi connectivity index (χ1v) is 5.59. The summed E-state index contributed by atoms with van der Waals surface area (Å²) in [6.45, 7) is 10.9. The van der Waals surface area contributed by atoms with Gasteiger partial charge in [0.05, 0.1) is 0 Å². The summed E-state index contributed by atoms with van der Waals surface area (Å²) in [4.78, 5) is 4.17. The van der Waals surface area contributed by atoms with Crippen LogP contribution >= 0.6 is 0 Å². The van der Waals surface area contributed by atoms with Gasteiger partial charge in [-0.25, -0.2) is 0 Å². The predicted octanol–water partition coefficient (Wildman–Crippen LogP) is 2.92. The number of nitrogens with one attached hydrogen (secondary N) is 1. The van der Waals surface area contributed by atoms with Gasteiger partial charge in [0.15, 0.2) is 0 Å². The van der Waals surface area contributed by atoms with Crippen molar-refractivity contribution in [3.05, 3.63) is 29.6 Å². The van der Waals surface area contributed by atoms with Gasteiger partial charge in [-0.2, -0.15) is 0 Å². The number of hydrogen-bond donors (Lipinski definition) is 1. The van der Waals surface area contributed by atoms with E-state index in [0.717, 1.165) is 13.1 Å². The molecule has 0 spiro atoms. The molecule has 1 rings (SSSR count). The summed E-state index contributed by atoms with van der Waals surface area (Å²) >= 11 is 0. The largest absolute Gasteiger partial charge is 0.313 e. The van der Waals surface area contributed by atoms with Crippen molar-refractivity contribution < 1.29 is 0 Å². The highest BCUT2D eigenvalue weighted by molar-refractivity contribution is 5.16. The maximum absolute atomic E-state index is 4.17. The zero-order chi connectivity index (χ0) is 11.3. The van der Waals surface area contributed by atoms with Gasteiger partial charge < -0.3 is 5.32 Å². The molecule has 15 heavy (non-hydrogen) atoms. The van der Waals surface area contributed by atoms with E-state index >= 15 is 0 Å². The lowest BCUT2D eigenvalue weighted by molar-refractivity contribution is 0.366. The van der Waals surface area contributed by atoms with Crippen molar-refractivity contribution in [1.29, 1.82) is 0 Å². The summed E-state index contributed by atoms with van der Waals surface area (Å²) in [6.07, 6.45) is 5.02. The van der Waals surface area contributed by atoms with Crippen molar-refractivity contribution in [2.45, 2.75) is 40.7 Å². The second-order valence-corrected chi connectivity index (χ2v) is 5.36. The molecule has 0 fully saturated rings. The van der Waals surface area contributed by atoms with Crippen LogP contribution in [0.1, 0.15) is 38.3 Å². The van der Waals surface area contributed by atoms with Crippen LogP contribution in [0.3, 0.4) is 0 Å². The third kappa shape index (κ3) is 5.53. The zero-order valence-electron chi connectivity index (χ0n) is 10.3. The van der Waals surface area contributed by atoms with Crippen molar-refractivity contribution in [3.8, 4) is 0 Å². The minimum Gasteiger partial charge on any atom is -0.313 e. The molecule has 0 aromatic carbocycles. The molecule has 1 heterocycles. The second kappa shape index (κ2) is 5.26. The van der Waals surface area contributed by atoms with E-state index in [1.807, 2.05) is 12.4 Å². The normalized spacial score (nSPS) is 11.7. The average molecular weight is 206 g/mol. The Hall–Kier alpha value is -0.890. The molecule has 2 nitrogen and oxygen atoms in total. The zero-order valence-corrected chi connectivity index (χ0v) is 10.3. The standard InChI is InChI=1S/C13H22N2/c1-11-7-12(10-15-8-11)9-14-6-5-13(2,3)4/h7-8,10,14H,5-6,9H2,1-4H3. The minimum absolute atomic E-state index is 0.415. The summed E-state index contributed by atoms with van der Waals surface area (Å²) in [7, 11) is 0. The Balaban J connectivity index is 2.26. The molecule has 0 aliphatic carbocycles. The fourth-order valence-electron chi connectivity index (χ4n) is 1.41. The van der Waals surface area contributed by atoms with Gasteiger partial charge in [-0.3, -0.25) is 4.98 Å². The first-order valence-electron chi connectivity index (χ1n) is 5.59. The number of aromatic nitrogens is 1. The number of aryl methyl sites for hydroxylation is 1. The molecule has 0 saturated carbocycles. The Kier molecular flexibility index (Phi) is 4.28. The molecule has 0 aliphatic rings. The summed E-state index contributed by atoms with van der Waals surface area (Å²) in [5.41, 5.74) is 2.91. The first kappa shape index (κ1) is 12.2. The second-order valence-electron chi connectivity index (χ2n) is 5.36. The van der Waals surface area contributed by atoms with Crippen molar-refractivity contribution in [2.75, 3.05) is 6.54 Å². The Morgan fingerprint density at radius 3 is 2.60 bits per heavy atom. The van der Waals surface area contributed by atoms with Crippen LogP contribution in [0.2, 0.25) is 0 Å².